The summed E-state index contributed by atoms with van der Waals surface area (Å²) in [7, 11) is 0. The molecule has 0 saturated carbocycles. The van der Waals surface area contributed by atoms with E-state index < -0.39 is 0 Å². The van der Waals surface area contributed by atoms with Crippen molar-refractivity contribution in [2.24, 2.45) is 0 Å². The number of carbonyl (C=O) groups is 1. The van der Waals surface area contributed by atoms with E-state index in [4.69, 9.17) is 16.6 Å². The van der Waals surface area contributed by atoms with Gasteiger partial charge in [0, 0.05) is 35.8 Å². The largest absolute Gasteiger partial charge is 0.459 e. The monoisotopic (exact) mass is 518 g/mol. The van der Waals surface area contributed by atoms with Crippen molar-refractivity contribution in [1.29, 1.82) is 0 Å². The van der Waals surface area contributed by atoms with Crippen LogP contribution in [0.4, 0.5) is 5.69 Å². The highest BCUT2D eigenvalue weighted by Gasteiger charge is 2.41. The smallest absolute Gasteiger partial charge is 0.226 e. The lowest BCUT2D eigenvalue weighted by Crippen LogP contribution is -2.32. The van der Waals surface area contributed by atoms with Crippen LogP contribution in [0.5, 0.6) is 0 Å². The van der Waals surface area contributed by atoms with Gasteiger partial charge in [-0.15, -0.1) is 0 Å². The Balaban J connectivity index is 1.25. The average molecular weight is 519 g/mol. The molecule has 0 unspecified atom stereocenters. The maximum absolute atomic E-state index is 13.1. The Labute approximate surface area is 226 Å². The first-order chi connectivity index (χ1) is 18.7. The molecule has 6 nitrogen and oxygen atoms in total. The van der Waals surface area contributed by atoms with Gasteiger partial charge in [0.1, 0.15) is 17.6 Å². The molecule has 38 heavy (non-hydrogen) atoms. The quantitative estimate of drug-likeness (QED) is 0.240. The van der Waals surface area contributed by atoms with Gasteiger partial charge in [-0.25, -0.2) is 0 Å². The lowest BCUT2D eigenvalue weighted by atomic mass is 10.0. The summed E-state index contributed by atoms with van der Waals surface area (Å²) >= 11 is 5.75. The van der Waals surface area contributed by atoms with Gasteiger partial charge in [-0.2, -0.15) is 0 Å². The van der Waals surface area contributed by atoms with Gasteiger partial charge in [0.2, 0.25) is 5.91 Å². The Morgan fingerprint density at radius 2 is 1.71 bits per heavy atom. The molecule has 1 aliphatic rings. The standard InChI is InChI=1S/C31H26N4O2S/c36-28(33-24-15-8-12-21-9-4-5-13-23(21)24)18-20-35-30(29(34-31(35)38)25-14-6-7-19-32-25)27-17-16-26(37-27)22-10-2-1-3-11-22/h1-17,19,29-30H,18,20H2,(H,33,36)(H,34,38)/t29-,30-/m0/s1. The third-order valence-corrected chi connectivity index (χ3v) is 7.17. The molecule has 1 fully saturated rings. The fourth-order valence-corrected chi connectivity index (χ4v) is 5.33. The van der Waals surface area contributed by atoms with Crippen molar-refractivity contribution in [3.8, 4) is 11.3 Å². The maximum Gasteiger partial charge on any atom is 0.226 e. The van der Waals surface area contributed by atoms with E-state index in [-0.39, 0.29) is 24.4 Å². The second-order valence-corrected chi connectivity index (χ2v) is 9.60. The van der Waals surface area contributed by atoms with Crippen LogP contribution in [0.1, 0.15) is 30.0 Å². The van der Waals surface area contributed by atoms with Crippen molar-refractivity contribution in [1.82, 2.24) is 15.2 Å². The topological polar surface area (TPSA) is 70.4 Å². The van der Waals surface area contributed by atoms with Gasteiger partial charge in [0.25, 0.3) is 0 Å². The van der Waals surface area contributed by atoms with Gasteiger partial charge in [0.05, 0.1) is 11.7 Å². The van der Waals surface area contributed by atoms with Crippen LogP contribution in [0.3, 0.4) is 0 Å². The summed E-state index contributed by atoms with van der Waals surface area (Å²) in [5, 5.41) is 9.17. The lowest BCUT2D eigenvalue weighted by molar-refractivity contribution is -0.116. The van der Waals surface area contributed by atoms with E-state index in [1.807, 2.05) is 108 Å². The van der Waals surface area contributed by atoms with Crippen LogP contribution in [-0.4, -0.2) is 27.4 Å². The number of anilines is 1. The van der Waals surface area contributed by atoms with Crippen LogP contribution in [0, 0.1) is 0 Å². The molecule has 188 valence electrons. The highest BCUT2D eigenvalue weighted by atomic mass is 32.1. The first-order valence-corrected chi connectivity index (χ1v) is 13.0. The molecule has 0 aliphatic carbocycles. The normalized spacial score (nSPS) is 16.9. The van der Waals surface area contributed by atoms with Gasteiger partial charge < -0.3 is 20.0 Å². The van der Waals surface area contributed by atoms with Gasteiger partial charge in [0.15, 0.2) is 5.11 Å². The number of hydrogen-bond acceptors (Lipinski definition) is 4. The predicted octanol–water partition coefficient (Wildman–Crippen LogP) is 6.50. The van der Waals surface area contributed by atoms with Crippen LogP contribution in [0.15, 0.2) is 114 Å². The van der Waals surface area contributed by atoms with Gasteiger partial charge in [-0.1, -0.05) is 72.8 Å². The molecule has 0 spiro atoms. The van der Waals surface area contributed by atoms with Crippen molar-refractivity contribution >= 4 is 39.7 Å². The summed E-state index contributed by atoms with van der Waals surface area (Å²) in [6.45, 7) is 0.428. The number of nitrogens with zero attached hydrogens (tertiary/aromatic N) is 2. The summed E-state index contributed by atoms with van der Waals surface area (Å²) < 4.78 is 6.36. The van der Waals surface area contributed by atoms with Gasteiger partial charge in [-0.3, -0.25) is 9.78 Å². The van der Waals surface area contributed by atoms with E-state index in [0.717, 1.165) is 39.2 Å². The summed E-state index contributed by atoms with van der Waals surface area (Å²) in [4.78, 5) is 19.7. The molecule has 0 bridgehead atoms. The van der Waals surface area contributed by atoms with E-state index in [0.29, 0.717) is 11.7 Å². The van der Waals surface area contributed by atoms with E-state index in [1.165, 1.54) is 0 Å². The van der Waals surface area contributed by atoms with Gasteiger partial charge >= 0.3 is 0 Å². The molecular formula is C31H26N4O2S. The van der Waals surface area contributed by atoms with Crippen LogP contribution in [0.25, 0.3) is 22.1 Å². The molecule has 1 amide bonds. The second kappa shape index (κ2) is 10.5. The average Bonchev–Trinajstić information content (AvgIpc) is 3.57. The van der Waals surface area contributed by atoms with Crippen molar-refractivity contribution in [2.45, 2.75) is 18.5 Å². The van der Waals surface area contributed by atoms with Crippen molar-refractivity contribution in [3.63, 3.8) is 0 Å². The van der Waals surface area contributed by atoms with E-state index in [2.05, 4.69) is 15.6 Å². The molecule has 2 aromatic heterocycles. The molecule has 1 aliphatic heterocycles. The third kappa shape index (κ3) is 4.76. The number of fused-ring (bicyclic) bond motifs is 1. The van der Waals surface area contributed by atoms with E-state index >= 15 is 0 Å². The first kappa shape index (κ1) is 23.9. The zero-order valence-corrected chi connectivity index (χ0v) is 21.4. The molecule has 0 radical (unpaired) electrons. The Morgan fingerprint density at radius 3 is 2.55 bits per heavy atom. The Morgan fingerprint density at radius 1 is 0.921 bits per heavy atom. The number of aromatic nitrogens is 1. The molecule has 3 heterocycles. The number of pyridine rings is 1. The molecule has 3 aromatic carbocycles. The lowest BCUT2D eigenvalue weighted by Gasteiger charge is -2.26. The van der Waals surface area contributed by atoms with Crippen LogP contribution in [0.2, 0.25) is 0 Å². The molecule has 5 aromatic rings. The zero-order valence-electron chi connectivity index (χ0n) is 20.6. The fraction of sp³-hybridized carbons (Fsp3) is 0.129. The number of nitrogens with one attached hydrogen (secondary N) is 2. The number of rotatable bonds is 7. The molecule has 6 rings (SSSR count). The molecule has 7 heteroatoms. The number of carbonyl (C=O) groups excluding carboxylic acids is 1. The Hall–Kier alpha value is -4.49. The SMILES string of the molecule is O=C(CCN1C(=S)N[C@@H](c2ccccn2)[C@@H]1c1ccc(-c2ccccc2)o1)Nc1cccc2ccccc12. The van der Waals surface area contributed by atoms with Crippen molar-refractivity contribution in [3.05, 3.63) is 121 Å². The van der Waals surface area contributed by atoms with Crippen molar-refractivity contribution in [2.75, 3.05) is 11.9 Å². The number of hydrogen-bond donors (Lipinski definition) is 2. The number of furan rings is 1. The number of benzene rings is 3. The second-order valence-electron chi connectivity index (χ2n) is 9.21. The van der Waals surface area contributed by atoms with Crippen LogP contribution in [-0.2, 0) is 4.79 Å². The first-order valence-electron chi connectivity index (χ1n) is 12.6. The highest BCUT2D eigenvalue weighted by molar-refractivity contribution is 7.80. The molecular weight excluding hydrogens is 492 g/mol. The minimum atomic E-state index is -0.250. The fourth-order valence-electron chi connectivity index (χ4n) is 4.99. The predicted molar refractivity (Wildman–Crippen MR) is 153 cm³/mol. The number of thiocarbonyl (C=S) groups is 1. The number of amides is 1. The highest BCUT2D eigenvalue weighted by Crippen LogP contribution is 2.40. The third-order valence-electron chi connectivity index (χ3n) is 6.82. The van der Waals surface area contributed by atoms with Gasteiger partial charge in [-0.05, 0) is 47.9 Å². The Bertz CT molecular complexity index is 1580. The zero-order chi connectivity index (χ0) is 25.9. The van der Waals surface area contributed by atoms with Crippen LogP contribution < -0.4 is 10.6 Å². The minimum absolute atomic E-state index is 0.0754. The molecule has 1 saturated heterocycles. The summed E-state index contributed by atoms with van der Waals surface area (Å²) in [5.41, 5.74) is 2.67. The Kier molecular flexibility index (Phi) is 6.58. The van der Waals surface area contributed by atoms with Crippen LogP contribution >= 0.6 is 12.2 Å². The summed E-state index contributed by atoms with van der Waals surface area (Å²) in [6.07, 6.45) is 2.04. The maximum atomic E-state index is 13.1. The van der Waals surface area contributed by atoms with Crippen molar-refractivity contribution < 1.29 is 9.21 Å². The van der Waals surface area contributed by atoms with E-state index in [9.17, 15) is 4.79 Å². The molecule has 2 N–H and O–H groups in total. The minimum Gasteiger partial charge on any atom is -0.459 e. The summed E-state index contributed by atoms with van der Waals surface area (Å²) in [6, 6.07) is 33.3. The summed E-state index contributed by atoms with van der Waals surface area (Å²) in [5.74, 6) is 1.47. The molecule has 2 atom stereocenters. The van der Waals surface area contributed by atoms with E-state index in [1.54, 1.807) is 6.20 Å².